The number of hydrogen-bond acceptors (Lipinski definition) is 6. The van der Waals surface area contributed by atoms with E-state index in [1.807, 2.05) is 12.1 Å². The Hall–Kier alpha value is -3.01. The summed E-state index contributed by atoms with van der Waals surface area (Å²) in [7, 11) is 0. The molecule has 0 spiro atoms. The molecule has 10 heteroatoms. The SMILES string of the molecule is O=C(C[C@@H]1CC[C@H](NC(=O)Nc2ccc3c(c2)OCO3)[C@@H](CO)O1)NCc1ccc(Cl)cc1. The molecule has 1 fully saturated rings. The molecule has 9 nitrogen and oxygen atoms in total. The van der Waals surface area contributed by atoms with Crippen molar-refractivity contribution in [3.8, 4) is 11.5 Å². The molecule has 0 aliphatic carbocycles. The van der Waals surface area contributed by atoms with Crippen LogP contribution >= 0.6 is 11.6 Å². The third-order valence-electron chi connectivity index (χ3n) is 5.56. The van der Waals surface area contributed by atoms with E-state index in [2.05, 4.69) is 16.0 Å². The maximum absolute atomic E-state index is 12.4. The van der Waals surface area contributed by atoms with Gasteiger partial charge in [-0.2, -0.15) is 0 Å². The van der Waals surface area contributed by atoms with Crippen LogP contribution in [-0.2, 0) is 16.1 Å². The Morgan fingerprint density at radius 3 is 2.64 bits per heavy atom. The van der Waals surface area contributed by atoms with Gasteiger partial charge in [-0.05, 0) is 42.7 Å². The normalized spacial score (nSPS) is 21.3. The first kappa shape index (κ1) is 23.2. The Balaban J connectivity index is 1.22. The highest BCUT2D eigenvalue weighted by Crippen LogP contribution is 2.34. The van der Waals surface area contributed by atoms with Gasteiger partial charge in [0.15, 0.2) is 11.5 Å². The lowest BCUT2D eigenvalue weighted by molar-refractivity contribution is -0.130. The summed E-state index contributed by atoms with van der Waals surface area (Å²) in [5, 5.41) is 18.9. The highest BCUT2D eigenvalue weighted by atomic mass is 35.5. The van der Waals surface area contributed by atoms with Crippen LogP contribution in [0, 0.1) is 0 Å². The van der Waals surface area contributed by atoms with Crippen molar-refractivity contribution in [3.63, 3.8) is 0 Å². The summed E-state index contributed by atoms with van der Waals surface area (Å²) in [5.41, 5.74) is 1.51. The molecular weight excluding hydrogens is 450 g/mol. The number of urea groups is 1. The average molecular weight is 476 g/mol. The molecule has 2 heterocycles. The van der Waals surface area contributed by atoms with E-state index in [0.29, 0.717) is 41.6 Å². The second-order valence-corrected chi connectivity index (χ2v) is 8.37. The molecule has 3 atom stereocenters. The van der Waals surface area contributed by atoms with E-state index in [4.69, 9.17) is 25.8 Å². The van der Waals surface area contributed by atoms with E-state index < -0.39 is 12.1 Å². The number of rotatable bonds is 7. The van der Waals surface area contributed by atoms with E-state index in [1.165, 1.54) is 0 Å². The number of amides is 3. The van der Waals surface area contributed by atoms with Gasteiger partial charge in [0, 0.05) is 23.3 Å². The summed E-state index contributed by atoms with van der Waals surface area (Å²) >= 11 is 5.87. The lowest BCUT2D eigenvalue weighted by atomic mass is 9.97. The summed E-state index contributed by atoms with van der Waals surface area (Å²) in [6.07, 6.45) is 0.409. The Bertz CT molecular complexity index is 987. The van der Waals surface area contributed by atoms with Gasteiger partial charge in [0.1, 0.15) is 6.10 Å². The molecule has 0 unspecified atom stereocenters. The second kappa shape index (κ2) is 10.7. The molecule has 2 aliphatic heterocycles. The topological polar surface area (TPSA) is 118 Å². The van der Waals surface area contributed by atoms with E-state index >= 15 is 0 Å². The zero-order valence-corrected chi connectivity index (χ0v) is 18.6. The molecular formula is C23H26ClN3O6. The molecule has 4 N–H and O–H groups in total. The van der Waals surface area contributed by atoms with Crippen LogP contribution in [-0.4, -0.2) is 48.7 Å². The van der Waals surface area contributed by atoms with Crippen molar-refractivity contribution in [1.82, 2.24) is 10.6 Å². The molecule has 33 heavy (non-hydrogen) atoms. The summed E-state index contributed by atoms with van der Waals surface area (Å²) in [5.74, 6) is 1.06. The predicted molar refractivity (Wildman–Crippen MR) is 121 cm³/mol. The number of aliphatic hydroxyl groups is 1. The van der Waals surface area contributed by atoms with Gasteiger partial charge in [-0.25, -0.2) is 4.79 Å². The van der Waals surface area contributed by atoms with Crippen LogP contribution in [0.15, 0.2) is 42.5 Å². The van der Waals surface area contributed by atoms with Crippen LogP contribution in [0.5, 0.6) is 11.5 Å². The minimum absolute atomic E-state index is 0.140. The van der Waals surface area contributed by atoms with E-state index in [9.17, 15) is 14.7 Å². The Labute approximate surface area is 196 Å². The fourth-order valence-corrected chi connectivity index (χ4v) is 3.96. The van der Waals surface area contributed by atoms with Crippen molar-refractivity contribution in [2.45, 2.75) is 44.1 Å². The number of aliphatic hydroxyl groups excluding tert-OH is 1. The predicted octanol–water partition coefficient (Wildman–Crippen LogP) is 2.81. The van der Waals surface area contributed by atoms with Crippen LogP contribution in [0.1, 0.15) is 24.8 Å². The van der Waals surface area contributed by atoms with Gasteiger partial charge >= 0.3 is 6.03 Å². The highest BCUT2D eigenvalue weighted by Gasteiger charge is 2.33. The van der Waals surface area contributed by atoms with Gasteiger partial charge in [-0.15, -0.1) is 0 Å². The number of fused-ring (bicyclic) bond motifs is 1. The molecule has 0 radical (unpaired) electrons. The lowest BCUT2D eigenvalue weighted by Crippen LogP contribution is -2.52. The number of hydrogen-bond donors (Lipinski definition) is 4. The molecule has 1 saturated heterocycles. The number of anilines is 1. The van der Waals surface area contributed by atoms with Crippen molar-refractivity contribution >= 4 is 29.2 Å². The van der Waals surface area contributed by atoms with Crippen molar-refractivity contribution in [2.24, 2.45) is 0 Å². The molecule has 0 bridgehead atoms. The fourth-order valence-electron chi connectivity index (χ4n) is 3.84. The standard InChI is InChI=1S/C23H26ClN3O6/c24-15-3-1-14(2-4-15)11-25-22(29)10-17-6-7-18(21(12-28)33-17)27-23(30)26-16-5-8-19-20(9-16)32-13-31-19/h1-5,8-9,17-18,21,28H,6-7,10-13H2,(H,25,29)(H2,26,27,30)/t17-,18-,21+/m0/s1. The van der Waals surface area contributed by atoms with E-state index in [-0.39, 0.29) is 37.9 Å². The summed E-state index contributed by atoms with van der Waals surface area (Å²) < 4.78 is 16.5. The van der Waals surface area contributed by atoms with Crippen molar-refractivity contribution < 1.29 is 28.9 Å². The van der Waals surface area contributed by atoms with Gasteiger partial charge < -0.3 is 35.3 Å². The minimum atomic E-state index is -0.602. The first-order chi connectivity index (χ1) is 16.0. The number of benzene rings is 2. The number of ether oxygens (including phenoxy) is 3. The van der Waals surface area contributed by atoms with E-state index in [0.717, 1.165) is 5.56 Å². The van der Waals surface area contributed by atoms with Gasteiger partial charge in [0.25, 0.3) is 0 Å². The maximum Gasteiger partial charge on any atom is 0.319 e. The minimum Gasteiger partial charge on any atom is -0.454 e. The molecule has 3 amide bonds. The zero-order valence-electron chi connectivity index (χ0n) is 17.9. The number of carbonyl (C=O) groups is 2. The van der Waals surface area contributed by atoms with Crippen molar-refractivity contribution in [3.05, 3.63) is 53.1 Å². The highest BCUT2D eigenvalue weighted by molar-refractivity contribution is 6.30. The van der Waals surface area contributed by atoms with Gasteiger partial charge in [-0.1, -0.05) is 23.7 Å². The molecule has 2 aliphatic rings. The van der Waals surface area contributed by atoms with Crippen LogP contribution < -0.4 is 25.4 Å². The fraction of sp³-hybridized carbons (Fsp3) is 0.391. The first-order valence-electron chi connectivity index (χ1n) is 10.7. The lowest BCUT2D eigenvalue weighted by Gasteiger charge is -2.35. The van der Waals surface area contributed by atoms with Crippen LogP contribution in [0.25, 0.3) is 0 Å². The summed E-state index contributed by atoms with van der Waals surface area (Å²) in [6.45, 7) is 0.289. The Morgan fingerprint density at radius 2 is 1.85 bits per heavy atom. The zero-order chi connectivity index (χ0) is 23.2. The quantitative estimate of drug-likeness (QED) is 0.489. The average Bonchev–Trinajstić information content (AvgIpc) is 3.27. The number of halogens is 1. The molecule has 176 valence electrons. The molecule has 2 aromatic carbocycles. The molecule has 0 aromatic heterocycles. The van der Waals surface area contributed by atoms with Gasteiger partial charge in [0.2, 0.25) is 12.7 Å². The molecule has 4 rings (SSSR count). The Morgan fingerprint density at radius 1 is 1.06 bits per heavy atom. The van der Waals surface area contributed by atoms with Crippen LogP contribution in [0.2, 0.25) is 5.02 Å². The summed E-state index contributed by atoms with van der Waals surface area (Å²) in [4.78, 5) is 24.7. The van der Waals surface area contributed by atoms with Crippen LogP contribution in [0.4, 0.5) is 10.5 Å². The Kier molecular flexibility index (Phi) is 7.54. The number of carbonyl (C=O) groups excluding carboxylic acids is 2. The monoisotopic (exact) mass is 475 g/mol. The maximum atomic E-state index is 12.4. The van der Waals surface area contributed by atoms with E-state index in [1.54, 1.807) is 30.3 Å². The first-order valence-corrected chi connectivity index (χ1v) is 11.1. The number of nitrogens with one attached hydrogen (secondary N) is 3. The summed E-state index contributed by atoms with van der Waals surface area (Å²) in [6, 6.07) is 11.6. The van der Waals surface area contributed by atoms with Crippen molar-refractivity contribution in [1.29, 1.82) is 0 Å². The molecule has 2 aromatic rings. The van der Waals surface area contributed by atoms with Gasteiger partial charge in [-0.3, -0.25) is 4.79 Å². The van der Waals surface area contributed by atoms with Crippen LogP contribution in [0.3, 0.4) is 0 Å². The van der Waals surface area contributed by atoms with Gasteiger partial charge in [0.05, 0.1) is 25.2 Å². The third-order valence-corrected chi connectivity index (χ3v) is 5.81. The smallest absolute Gasteiger partial charge is 0.319 e. The molecule has 0 saturated carbocycles. The third kappa shape index (κ3) is 6.28. The largest absolute Gasteiger partial charge is 0.454 e. The second-order valence-electron chi connectivity index (χ2n) is 7.94. The van der Waals surface area contributed by atoms with Crippen molar-refractivity contribution in [2.75, 3.05) is 18.7 Å².